The van der Waals surface area contributed by atoms with Crippen molar-refractivity contribution in [1.82, 2.24) is 5.32 Å². The fraction of sp³-hybridized carbons (Fsp3) is 0.778. The quantitative estimate of drug-likeness (QED) is 0.643. The average Bonchev–Trinajstić information content (AvgIpc) is 2.12. The molecule has 0 aromatic rings. The predicted octanol–water partition coefficient (Wildman–Crippen LogP) is 0.0907. The number of hydrogen-bond acceptors (Lipinski definition) is 4. The van der Waals surface area contributed by atoms with Gasteiger partial charge in [0, 0.05) is 13.7 Å². The third kappa shape index (κ3) is 4.23. The summed E-state index contributed by atoms with van der Waals surface area (Å²) in [5.74, 6) is -0.886. The molecule has 1 amide bonds. The molecule has 0 unspecified atom stereocenters. The molecule has 0 bridgehead atoms. The van der Waals surface area contributed by atoms with E-state index in [0.717, 1.165) is 0 Å². The second kappa shape index (κ2) is 5.59. The van der Waals surface area contributed by atoms with Gasteiger partial charge in [0.1, 0.15) is 6.61 Å². The summed E-state index contributed by atoms with van der Waals surface area (Å²) in [4.78, 5) is 22.3. The van der Waals surface area contributed by atoms with E-state index in [9.17, 15) is 9.59 Å². The van der Waals surface area contributed by atoms with Gasteiger partial charge in [0.25, 0.3) is 5.91 Å². The molecule has 0 fully saturated rings. The maximum atomic E-state index is 11.2. The molecular formula is C9H17NO4. The monoisotopic (exact) mass is 203 g/mol. The Morgan fingerprint density at radius 3 is 2.36 bits per heavy atom. The molecule has 0 atom stereocenters. The molecule has 14 heavy (non-hydrogen) atoms. The molecule has 82 valence electrons. The smallest absolute Gasteiger partial charge is 0.333 e. The summed E-state index contributed by atoms with van der Waals surface area (Å²) in [7, 11) is 1.49. The van der Waals surface area contributed by atoms with Crippen LogP contribution < -0.4 is 5.32 Å². The highest BCUT2D eigenvalue weighted by Crippen LogP contribution is 2.09. The van der Waals surface area contributed by atoms with Gasteiger partial charge in [-0.3, -0.25) is 4.79 Å². The molecule has 5 nitrogen and oxygen atoms in total. The standard InChI is InChI=1S/C9H17NO4/c1-5-13-6-7(11)14-9(2,3)8(12)10-4/h5-6H2,1-4H3,(H,10,12). The van der Waals surface area contributed by atoms with Crippen molar-refractivity contribution in [3.63, 3.8) is 0 Å². The van der Waals surface area contributed by atoms with Crippen LogP contribution in [0.15, 0.2) is 0 Å². The molecular weight excluding hydrogens is 186 g/mol. The molecule has 0 aromatic carbocycles. The minimum absolute atomic E-state index is 0.128. The first-order chi connectivity index (χ1) is 6.44. The molecule has 1 N–H and O–H groups in total. The van der Waals surface area contributed by atoms with E-state index in [-0.39, 0.29) is 12.5 Å². The highest BCUT2D eigenvalue weighted by atomic mass is 16.6. The third-order valence-corrected chi connectivity index (χ3v) is 1.57. The predicted molar refractivity (Wildman–Crippen MR) is 50.7 cm³/mol. The summed E-state index contributed by atoms with van der Waals surface area (Å²) in [6.45, 7) is 5.13. The normalized spacial score (nSPS) is 10.9. The Morgan fingerprint density at radius 1 is 1.36 bits per heavy atom. The zero-order valence-electron chi connectivity index (χ0n) is 9.05. The number of likely N-dealkylation sites (N-methyl/N-ethyl adjacent to an activating group) is 1. The molecule has 0 aliphatic rings. The maximum Gasteiger partial charge on any atom is 0.333 e. The second-order valence-electron chi connectivity index (χ2n) is 3.20. The van der Waals surface area contributed by atoms with Crippen molar-refractivity contribution in [3.8, 4) is 0 Å². The van der Waals surface area contributed by atoms with Crippen molar-refractivity contribution < 1.29 is 19.1 Å². The van der Waals surface area contributed by atoms with Crippen LogP contribution in [0.3, 0.4) is 0 Å². The molecule has 0 saturated heterocycles. The van der Waals surface area contributed by atoms with Crippen LogP contribution in [0.1, 0.15) is 20.8 Å². The lowest BCUT2D eigenvalue weighted by Gasteiger charge is -2.22. The summed E-state index contributed by atoms with van der Waals surface area (Å²) in [6, 6.07) is 0. The van der Waals surface area contributed by atoms with Crippen LogP contribution in [0.2, 0.25) is 0 Å². The Balaban J connectivity index is 4.08. The van der Waals surface area contributed by atoms with Gasteiger partial charge in [0.05, 0.1) is 0 Å². The largest absolute Gasteiger partial charge is 0.448 e. The summed E-state index contributed by atoms with van der Waals surface area (Å²) in [5.41, 5.74) is -1.15. The van der Waals surface area contributed by atoms with Crippen LogP contribution in [-0.4, -0.2) is 37.7 Å². The van der Waals surface area contributed by atoms with Crippen LogP contribution in [0, 0.1) is 0 Å². The summed E-state index contributed by atoms with van der Waals surface area (Å²) >= 11 is 0. The summed E-state index contributed by atoms with van der Waals surface area (Å²) in [6.07, 6.45) is 0. The van der Waals surface area contributed by atoms with Gasteiger partial charge in [-0.1, -0.05) is 0 Å². The molecule has 0 heterocycles. The molecule has 0 spiro atoms. The van der Waals surface area contributed by atoms with Crippen LogP contribution >= 0.6 is 0 Å². The van der Waals surface area contributed by atoms with Crippen LogP contribution in [0.25, 0.3) is 0 Å². The van der Waals surface area contributed by atoms with Gasteiger partial charge in [-0.2, -0.15) is 0 Å². The zero-order valence-corrected chi connectivity index (χ0v) is 9.05. The summed E-state index contributed by atoms with van der Waals surface area (Å²) < 4.78 is 9.76. The van der Waals surface area contributed by atoms with Gasteiger partial charge < -0.3 is 14.8 Å². The van der Waals surface area contributed by atoms with Crippen molar-refractivity contribution in [2.24, 2.45) is 0 Å². The topological polar surface area (TPSA) is 64.6 Å². The second-order valence-corrected chi connectivity index (χ2v) is 3.20. The Hall–Kier alpha value is -1.10. The van der Waals surface area contributed by atoms with Gasteiger partial charge in [-0.25, -0.2) is 4.79 Å². The fourth-order valence-corrected chi connectivity index (χ4v) is 0.847. The lowest BCUT2D eigenvalue weighted by Crippen LogP contribution is -2.44. The van der Waals surface area contributed by atoms with Crippen LogP contribution in [0.4, 0.5) is 0 Å². The molecule has 0 saturated carbocycles. The third-order valence-electron chi connectivity index (χ3n) is 1.57. The van der Waals surface area contributed by atoms with Crippen LogP contribution in [0.5, 0.6) is 0 Å². The number of carbonyl (C=O) groups is 2. The first kappa shape index (κ1) is 12.9. The average molecular weight is 203 g/mol. The van der Waals surface area contributed by atoms with Crippen molar-refractivity contribution in [2.75, 3.05) is 20.3 Å². The van der Waals surface area contributed by atoms with E-state index in [1.54, 1.807) is 6.92 Å². The van der Waals surface area contributed by atoms with E-state index < -0.39 is 11.6 Å². The first-order valence-corrected chi connectivity index (χ1v) is 4.45. The van der Waals surface area contributed by atoms with Crippen molar-refractivity contribution in [3.05, 3.63) is 0 Å². The first-order valence-electron chi connectivity index (χ1n) is 4.45. The van der Waals surface area contributed by atoms with E-state index in [1.807, 2.05) is 0 Å². The Morgan fingerprint density at radius 2 is 1.93 bits per heavy atom. The number of ether oxygens (including phenoxy) is 2. The van der Waals surface area contributed by atoms with Gasteiger partial charge >= 0.3 is 5.97 Å². The molecule has 0 rings (SSSR count). The molecule has 5 heteroatoms. The lowest BCUT2D eigenvalue weighted by molar-refractivity contribution is -0.168. The van der Waals surface area contributed by atoms with E-state index in [0.29, 0.717) is 6.61 Å². The maximum absolute atomic E-state index is 11.2. The number of rotatable bonds is 5. The highest BCUT2D eigenvalue weighted by molar-refractivity contribution is 5.86. The Kier molecular flexibility index (Phi) is 5.15. The molecule has 0 aromatic heterocycles. The minimum atomic E-state index is -1.15. The fourth-order valence-electron chi connectivity index (χ4n) is 0.847. The van der Waals surface area contributed by atoms with E-state index in [4.69, 9.17) is 9.47 Å². The van der Waals surface area contributed by atoms with Gasteiger partial charge in [0.15, 0.2) is 5.60 Å². The number of hydrogen-bond donors (Lipinski definition) is 1. The molecule has 0 radical (unpaired) electrons. The van der Waals surface area contributed by atoms with E-state index in [1.165, 1.54) is 20.9 Å². The Bertz CT molecular complexity index is 213. The highest BCUT2D eigenvalue weighted by Gasteiger charge is 2.30. The van der Waals surface area contributed by atoms with Gasteiger partial charge in [0.2, 0.25) is 0 Å². The van der Waals surface area contributed by atoms with Crippen molar-refractivity contribution in [1.29, 1.82) is 0 Å². The lowest BCUT2D eigenvalue weighted by atomic mass is 10.1. The van der Waals surface area contributed by atoms with Crippen LogP contribution in [-0.2, 0) is 19.1 Å². The number of esters is 1. The van der Waals surface area contributed by atoms with Crippen molar-refractivity contribution >= 4 is 11.9 Å². The minimum Gasteiger partial charge on any atom is -0.448 e. The summed E-state index contributed by atoms with van der Waals surface area (Å²) in [5, 5.41) is 2.41. The van der Waals surface area contributed by atoms with E-state index in [2.05, 4.69) is 5.32 Å². The zero-order chi connectivity index (χ0) is 11.2. The van der Waals surface area contributed by atoms with Gasteiger partial charge in [-0.05, 0) is 20.8 Å². The van der Waals surface area contributed by atoms with E-state index >= 15 is 0 Å². The Labute approximate surface area is 83.8 Å². The van der Waals surface area contributed by atoms with Crippen molar-refractivity contribution in [2.45, 2.75) is 26.4 Å². The number of nitrogens with one attached hydrogen (secondary N) is 1. The van der Waals surface area contributed by atoms with Gasteiger partial charge in [-0.15, -0.1) is 0 Å². The SMILES string of the molecule is CCOCC(=O)OC(C)(C)C(=O)NC. The number of carbonyl (C=O) groups excluding carboxylic acids is 2. The molecule has 0 aliphatic carbocycles. The number of amides is 1. The molecule has 0 aliphatic heterocycles.